The highest BCUT2D eigenvalue weighted by atomic mass is 16.5. The first kappa shape index (κ1) is 13.3. The molecule has 0 aliphatic rings. The fourth-order valence-electron chi connectivity index (χ4n) is 1.83. The molecule has 0 radical (unpaired) electrons. The van der Waals surface area contributed by atoms with Crippen molar-refractivity contribution in [3.63, 3.8) is 0 Å². The summed E-state index contributed by atoms with van der Waals surface area (Å²) in [6.45, 7) is 4.01. The standard InChI is InChI=1S/C14H18N4O/c1-9-10(2)17-12(18-14(9)15-3)7-11-5-6-13(19-4)16-8-11/h5-6,8H,7H2,1-4H3,(H,15,17,18). The van der Waals surface area contributed by atoms with Crippen LogP contribution in [0.3, 0.4) is 0 Å². The Morgan fingerprint density at radius 2 is 2.00 bits per heavy atom. The van der Waals surface area contributed by atoms with Crippen LogP contribution < -0.4 is 10.1 Å². The highest BCUT2D eigenvalue weighted by Gasteiger charge is 2.07. The number of aromatic nitrogens is 3. The molecule has 2 rings (SSSR count). The van der Waals surface area contributed by atoms with Gasteiger partial charge in [-0.1, -0.05) is 6.07 Å². The zero-order chi connectivity index (χ0) is 13.8. The minimum atomic E-state index is 0.612. The predicted molar refractivity (Wildman–Crippen MR) is 74.6 cm³/mol. The van der Waals surface area contributed by atoms with Gasteiger partial charge in [0.25, 0.3) is 0 Å². The summed E-state index contributed by atoms with van der Waals surface area (Å²) in [5.74, 6) is 2.28. The van der Waals surface area contributed by atoms with Crippen LogP contribution in [0.2, 0.25) is 0 Å². The van der Waals surface area contributed by atoms with Gasteiger partial charge in [-0.25, -0.2) is 15.0 Å². The van der Waals surface area contributed by atoms with Crippen LogP contribution in [0.4, 0.5) is 5.82 Å². The summed E-state index contributed by atoms with van der Waals surface area (Å²) in [7, 11) is 3.47. The van der Waals surface area contributed by atoms with Crippen molar-refractivity contribution < 1.29 is 4.74 Å². The third-order valence-corrected chi connectivity index (χ3v) is 3.04. The second kappa shape index (κ2) is 5.65. The van der Waals surface area contributed by atoms with Gasteiger partial charge in [0, 0.05) is 37.0 Å². The molecule has 0 atom stereocenters. The van der Waals surface area contributed by atoms with E-state index in [1.54, 1.807) is 13.3 Å². The van der Waals surface area contributed by atoms with E-state index in [9.17, 15) is 0 Å². The summed E-state index contributed by atoms with van der Waals surface area (Å²) in [6, 6.07) is 3.82. The lowest BCUT2D eigenvalue weighted by Crippen LogP contribution is -2.06. The fourth-order valence-corrected chi connectivity index (χ4v) is 1.83. The minimum Gasteiger partial charge on any atom is -0.481 e. The Bertz CT molecular complexity index is 566. The molecule has 2 aromatic rings. The first-order valence-electron chi connectivity index (χ1n) is 6.15. The molecule has 100 valence electrons. The first-order chi connectivity index (χ1) is 9.13. The maximum absolute atomic E-state index is 5.04. The topological polar surface area (TPSA) is 59.9 Å². The van der Waals surface area contributed by atoms with Gasteiger partial charge in [-0.3, -0.25) is 0 Å². The maximum Gasteiger partial charge on any atom is 0.212 e. The van der Waals surface area contributed by atoms with E-state index in [-0.39, 0.29) is 0 Å². The van der Waals surface area contributed by atoms with Crippen molar-refractivity contribution in [2.45, 2.75) is 20.3 Å². The number of methoxy groups -OCH3 is 1. The highest BCUT2D eigenvalue weighted by molar-refractivity contribution is 5.45. The average Bonchev–Trinajstić information content (AvgIpc) is 2.43. The Kier molecular flexibility index (Phi) is 3.94. The van der Waals surface area contributed by atoms with Gasteiger partial charge in [-0.05, 0) is 19.4 Å². The molecule has 5 heteroatoms. The van der Waals surface area contributed by atoms with Gasteiger partial charge < -0.3 is 10.1 Å². The molecule has 0 bridgehead atoms. The van der Waals surface area contributed by atoms with E-state index in [0.29, 0.717) is 12.3 Å². The maximum atomic E-state index is 5.04. The summed E-state index contributed by atoms with van der Waals surface area (Å²) in [5.41, 5.74) is 3.14. The molecule has 2 heterocycles. The van der Waals surface area contributed by atoms with Gasteiger partial charge in [-0.15, -0.1) is 0 Å². The van der Waals surface area contributed by atoms with E-state index in [0.717, 1.165) is 28.5 Å². The smallest absolute Gasteiger partial charge is 0.212 e. The Labute approximate surface area is 113 Å². The summed E-state index contributed by atoms with van der Waals surface area (Å²) in [6.07, 6.45) is 2.45. The van der Waals surface area contributed by atoms with Crippen molar-refractivity contribution >= 4 is 5.82 Å². The second-order valence-electron chi connectivity index (χ2n) is 4.33. The number of hydrogen-bond acceptors (Lipinski definition) is 5. The quantitative estimate of drug-likeness (QED) is 0.910. The number of hydrogen-bond donors (Lipinski definition) is 1. The lowest BCUT2D eigenvalue weighted by atomic mass is 10.2. The van der Waals surface area contributed by atoms with Gasteiger partial charge in [-0.2, -0.15) is 0 Å². The van der Waals surface area contributed by atoms with Crippen molar-refractivity contribution in [2.75, 3.05) is 19.5 Å². The Morgan fingerprint density at radius 1 is 1.21 bits per heavy atom. The number of anilines is 1. The number of ether oxygens (including phenoxy) is 1. The molecule has 0 spiro atoms. The molecule has 0 unspecified atom stereocenters. The summed E-state index contributed by atoms with van der Waals surface area (Å²) >= 11 is 0. The van der Waals surface area contributed by atoms with Crippen LogP contribution in [0.1, 0.15) is 22.6 Å². The van der Waals surface area contributed by atoms with E-state index < -0.39 is 0 Å². The lowest BCUT2D eigenvalue weighted by Gasteiger charge is -2.09. The molecule has 0 aromatic carbocycles. The minimum absolute atomic E-state index is 0.612. The largest absolute Gasteiger partial charge is 0.481 e. The molecular weight excluding hydrogens is 240 g/mol. The van der Waals surface area contributed by atoms with Crippen LogP contribution in [-0.2, 0) is 6.42 Å². The van der Waals surface area contributed by atoms with E-state index in [1.807, 2.05) is 33.0 Å². The molecule has 0 saturated carbocycles. The summed E-state index contributed by atoms with van der Waals surface area (Å²) in [5, 5.41) is 3.09. The van der Waals surface area contributed by atoms with Gasteiger partial charge in [0.15, 0.2) is 0 Å². The first-order valence-corrected chi connectivity index (χ1v) is 6.15. The van der Waals surface area contributed by atoms with Crippen molar-refractivity contribution in [2.24, 2.45) is 0 Å². The van der Waals surface area contributed by atoms with Crippen LogP contribution in [0.5, 0.6) is 5.88 Å². The van der Waals surface area contributed by atoms with Crippen LogP contribution >= 0.6 is 0 Å². The van der Waals surface area contributed by atoms with Crippen LogP contribution in [-0.4, -0.2) is 29.1 Å². The predicted octanol–water partition coefficient (Wildman–Crippen LogP) is 2.13. The molecule has 0 aliphatic heterocycles. The highest BCUT2D eigenvalue weighted by Crippen LogP contribution is 2.16. The second-order valence-corrected chi connectivity index (χ2v) is 4.33. The molecule has 5 nitrogen and oxygen atoms in total. The van der Waals surface area contributed by atoms with Crippen molar-refractivity contribution in [3.8, 4) is 5.88 Å². The normalized spacial score (nSPS) is 10.3. The van der Waals surface area contributed by atoms with Gasteiger partial charge in [0.1, 0.15) is 11.6 Å². The zero-order valence-corrected chi connectivity index (χ0v) is 11.7. The third-order valence-electron chi connectivity index (χ3n) is 3.04. The Morgan fingerprint density at radius 3 is 2.58 bits per heavy atom. The van der Waals surface area contributed by atoms with Gasteiger partial charge in [0.2, 0.25) is 5.88 Å². The van der Waals surface area contributed by atoms with Gasteiger partial charge in [0.05, 0.1) is 7.11 Å². The van der Waals surface area contributed by atoms with Crippen molar-refractivity contribution in [3.05, 3.63) is 41.0 Å². The lowest BCUT2D eigenvalue weighted by molar-refractivity contribution is 0.397. The Hall–Kier alpha value is -2.17. The van der Waals surface area contributed by atoms with E-state index in [1.165, 1.54) is 0 Å². The molecule has 0 aliphatic carbocycles. The number of rotatable bonds is 4. The molecule has 0 amide bonds. The number of nitrogens with zero attached hydrogens (tertiary/aromatic N) is 3. The van der Waals surface area contributed by atoms with E-state index in [2.05, 4.69) is 20.3 Å². The molecule has 1 N–H and O–H groups in total. The zero-order valence-electron chi connectivity index (χ0n) is 11.7. The molecule has 2 aromatic heterocycles. The number of pyridine rings is 1. The van der Waals surface area contributed by atoms with E-state index in [4.69, 9.17) is 4.74 Å². The molecule has 0 saturated heterocycles. The van der Waals surface area contributed by atoms with E-state index >= 15 is 0 Å². The molecule has 19 heavy (non-hydrogen) atoms. The third kappa shape index (κ3) is 2.99. The van der Waals surface area contributed by atoms with Crippen molar-refractivity contribution in [1.29, 1.82) is 0 Å². The van der Waals surface area contributed by atoms with Crippen molar-refractivity contribution in [1.82, 2.24) is 15.0 Å². The summed E-state index contributed by atoms with van der Waals surface area (Å²) in [4.78, 5) is 13.2. The monoisotopic (exact) mass is 258 g/mol. The number of aryl methyl sites for hydroxylation is 1. The fraction of sp³-hybridized carbons (Fsp3) is 0.357. The molecule has 0 fully saturated rings. The summed E-state index contributed by atoms with van der Waals surface area (Å²) < 4.78 is 5.04. The number of nitrogens with one attached hydrogen (secondary N) is 1. The SMILES string of the molecule is CNc1nc(Cc2ccc(OC)nc2)nc(C)c1C. The van der Waals surface area contributed by atoms with Crippen LogP contribution in [0.25, 0.3) is 0 Å². The molecular formula is C14H18N4O. The van der Waals surface area contributed by atoms with Crippen LogP contribution in [0, 0.1) is 13.8 Å². The van der Waals surface area contributed by atoms with Gasteiger partial charge >= 0.3 is 0 Å². The van der Waals surface area contributed by atoms with Crippen LogP contribution in [0.15, 0.2) is 18.3 Å². The average molecular weight is 258 g/mol. The Balaban J connectivity index is 2.25.